The van der Waals surface area contributed by atoms with E-state index in [1.54, 1.807) is 24.4 Å². The molecule has 0 aliphatic heterocycles. The molecule has 1 fully saturated rings. The summed E-state index contributed by atoms with van der Waals surface area (Å²) in [5, 5.41) is 2.61. The first-order valence-electron chi connectivity index (χ1n) is 8.92. The highest BCUT2D eigenvalue weighted by Crippen LogP contribution is 2.40. The summed E-state index contributed by atoms with van der Waals surface area (Å²) in [5.74, 6) is -0.577. The molecule has 0 unspecified atom stereocenters. The normalized spacial score (nSPS) is 16.2. The maximum Gasteiger partial charge on any atom is 0.276 e. The van der Waals surface area contributed by atoms with Crippen LogP contribution in [0.4, 0.5) is 0 Å². The molecule has 3 rings (SSSR count). The van der Waals surface area contributed by atoms with E-state index in [0.717, 1.165) is 32.1 Å². The van der Waals surface area contributed by atoms with Crippen molar-refractivity contribution in [2.75, 3.05) is 0 Å². The molecule has 25 heavy (non-hydrogen) atoms. The van der Waals surface area contributed by atoms with Gasteiger partial charge < -0.3 is 0 Å². The molecule has 4 nitrogen and oxygen atoms in total. The molecule has 0 atom stereocenters. The van der Waals surface area contributed by atoms with Gasteiger partial charge in [0.1, 0.15) is 5.69 Å². The molecule has 1 aromatic heterocycles. The van der Waals surface area contributed by atoms with Crippen molar-refractivity contribution in [2.24, 2.45) is 5.41 Å². The molecule has 0 bridgehead atoms. The molecule has 0 radical (unpaired) electrons. The molecular formula is C21H24N2O2. The molecule has 1 aliphatic carbocycles. The topological polar surface area (TPSA) is 59.1 Å². The molecule has 2 amide bonds. The fourth-order valence-corrected chi connectivity index (χ4v) is 3.68. The Morgan fingerprint density at radius 2 is 1.76 bits per heavy atom. The van der Waals surface area contributed by atoms with Crippen LogP contribution in [0.15, 0.2) is 48.7 Å². The monoisotopic (exact) mass is 336 g/mol. The van der Waals surface area contributed by atoms with Gasteiger partial charge in [0.15, 0.2) is 0 Å². The number of carbonyl (C=O) groups is 2. The number of nitrogens with one attached hydrogen (secondary N) is 1. The predicted molar refractivity (Wildman–Crippen MR) is 97.1 cm³/mol. The number of rotatable bonds is 4. The molecule has 1 N–H and O–H groups in total. The summed E-state index contributed by atoms with van der Waals surface area (Å²) in [6.07, 6.45) is 7.08. The second-order valence-corrected chi connectivity index (χ2v) is 6.94. The third kappa shape index (κ3) is 3.95. The van der Waals surface area contributed by atoms with E-state index in [1.165, 1.54) is 11.1 Å². The number of nitrogens with zero attached hydrogens (tertiary/aromatic N) is 1. The average molecular weight is 336 g/mol. The number of imide groups is 1. The lowest BCUT2D eigenvalue weighted by atomic mass is 9.69. The zero-order valence-electron chi connectivity index (χ0n) is 14.6. The molecule has 1 aromatic carbocycles. The maximum absolute atomic E-state index is 13.1. The zero-order valence-corrected chi connectivity index (χ0v) is 14.6. The Morgan fingerprint density at radius 3 is 2.44 bits per heavy atom. The number of hydrogen-bond donors (Lipinski definition) is 1. The Bertz CT molecular complexity index is 750. The number of benzene rings is 1. The van der Waals surface area contributed by atoms with Gasteiger partial charge in [-0.3, -0.25) is 19.9 Å². The van der Waals surface area contributed by atoms with Gasteiger partial charge >= 0.3 is 0 Å². The molecule has 0 spiro atoms. The van der Waals surface area contributed by atoms with E-state index in [9.17, 15) is 9.59 Å². The Kier molecular flexibility index (Phi) is 5.27. The smallest absolute Gasteiger partial charge is 0.276 e. The van der Waals surface area contributed by atoms with Gasteiger partial charge in [0.05, 0.1) is 5.41 Å². The van der Waals surface area contributed by atoms with Gasteiger partial charge in [0.25, 0.3) is 5.91 Å². The number of pyridine rings is 1. The first-order chi connectivity index (χ1) is 12.1. The van der Waals surface area contributed by atoms with E-state index < -0.39 is 11.3 Å². The summed E-state index contributed by atoms with van der Waals surface area (Å²) in [6.45, 7) is 2.07. The molecule has 2 aromatic rings. The highest BCUT2D eigenvalue weighted by atomic mass is 16.2. The van der Waals surface area contributed by atoms with Crippen molar-refractivity contribution < 1.29 is 9.59 Å². The van der Waals surface area contributed by atoms with E-state index >= 15 is 0 Å². The fraction of sp³-hybridized carbons (Fsp3) is 0.381. The van der Waals surface area contributed by atoms with Crippen molar-refractivity contribution in [1.29, 1.82) is 0 Å². The van der Waals surface area contributed by atoms with Crippen molar-refractivity contribution in [2.45, 2.75) is 45.4 Å². The van der Waals surface area contributed by atoms with E-state index in [-0.39, 0.29) is 11.6 Å². The van der Waals surface area contributed by atoms with Crippen molar-refractivity contribution in [1.82, 2.24) is 10.3 Å². The van der Waals surface area contributed by atoms with Crippen LogP contribution in [-0.2, 0) is 11.2 Å². The standard InChI is InChI=1S/C21H24N2O2/c1-16-9-3-4-10-17(16)15-21(12-6-2-7-13-21)20(25)23-19(24)18-11-5-8-14-22-18/h3-5,8-11,14H,2,6-7,12-13,15H2,1H3,(H,23,24,25). The van der Waals surface area contributed by atoms with Crippen molar-refractivity contribution in [3.63, 3.8) is 0 Å². The van der Waals surface area contributed by atoms with Crippen LogP contribution < -0.4 is 5.32 Å². The summed E-state index contributed by atoms with van der Waals surface area (Å²) in [5.41, 5.74) is 2.15. The highest BCUT2D eigenvalue weighted by molar-refractivity contribution is 6.05. The molecular weight excluding hydrogens is 312 g/mol. The zero-order chi connectivity index (χ0) is 17.7. The van der Waals surface area contributed by atoms with Gasteiger partial charge in [-0.2, -0.15) is 0 Å². The summed E-state index contributed by atoms with van der Waals surface area (Å²) in [7, 11) is 0. The number of aromatic nitrogens is 1. The Morgan fingerprint density at radius 1 is 1.04 bits per heavy atom. The quantitative estimate of drug-likeness (QED) is 0.863. The molecule has 4 heteroatoms. The summed E-state index contributed by atoms with van der Waals surface area (Å²) in [6, 6.07) is 13.3. The van der Waals surface area contributed by atoms with E-state index in [2.05, 4.69) is 29.4 Å². The SMILES string of the molecule is Cc1ccccc1CC1(C(=O)NC(=O)c2ccccn2)CCCCC1. The van der Waals surface area contributed by atoms with Crippen LogP contribution in [0.5, 0.6) is 0 Å². The molecule has 1 saturated carbocycles. The number of hydrogen-bond acceptors (Lipinski definition) is 3. The van der Waals surface area contributed by atoms with E-state index in [0.29, 0.717) is 6.42 Å². The van der Waals surface area contributed by atoms with Gasteiger partial charge in [0, 0.05) is 6.20 Å². The third-order valence-electron chi connectivity index (χ3n) is 5.21. The van der Waals surface area contributed by atoms with E-state index in [4.69, 9.17) is 0 Å². The minimum absolute atomic E-state index is 0.161. The largest absolute Gasteiger partial charge is 0.290 e. The van der Waals surface area contributed by atoms with Crippen LogP contribution in [0.25, 0.3) is 0 Å². The van der Waals surface area contributed by atoms with Crippen LogP contribution in [0, 0.1) is 12.3 Å². The number of carbonyl (C=O) groups excluding carboxylic acids is 2. The highest BCUT2D eigenvalue weighted by Gasteiger charge is 2.40. The lowest BCUT2D eigenvalue weighted by Crippen LogP contribution is -2.46. The molecule has 1 aliphatic rings. The Hall–Kier alpha value is -2.49. The van der Waals surface area contributed by atoms with Crippen LogP contribution in [0.2, 0.25) is 0 Å². The van der Waals surface area contributed by atoms with Crippen LogP contribution in [-0.4, -0.2) is 16.8 Å². The summed E-state index contributed by atoms with van der Waals surface area (Å²) < 4.78 is 0. The van der Waals surface area contributed by atoms with Gasteiger partial charge in [-0.15, -0.1) is 0 Å². The number of amides is 2. The van der Waals surface area contributed by atoms with Crippen molar-refractivity contribution in [3.8, 4) is 0 Å². The second-order valence-electron chi connectivity index (χ2n) is 6.94. The van der Waals surface area contributed by atoms with Crippen molar-refractivity contribution in [3.05, 3.63) is 65.5 Å². The average Bonchev–Trinajstić information content (AvgIpc) is 2.65. The minimum atomic E-state index is -0.505. The molecule has 0 saturated heterocycles. The van der Waals surface area contributed by atoms with Gasteiger partial charge in [-0.05, 0) is 49.4 Å². The predicted octanol–water partition coefficient (Wildman–Crippen LogP) is 3.84. The van der Waals surface area contributed by atoms with Gasteiger partial charge in [-0.25, -0.2) is 0 Å². The first-order valence-corrected chi connectivity index (χ1v) is 8.92. The fourth-order valence-electron chi connectivity index (χ4n) is 3.68. The van der Waals surface area contributed by atoms with Crippen LogP contribution >= 0.6 is 0 Å². The first kappa shape index (κ1) is 17.3. The second kappa shape index (κ2) is 7.60. The lowest BCUT2D eigenvalue weighted by molar-refractivity contribution is -0.131. The Labute approximate surface area is 148 Å². The van der Waals surface area contributed by atoms with Crippen LogP contribution in [0.3, 0.4) is 0 Å². The molecule has 1 heterocycles. The van der Waals surface area contributed by atoms with E-state index in [1.807, 2.05) is 12.1 Å². The third-order valence-corrected chi connectivity index (χ3v) is 5.21. The van der Waals surface area contributed by atoms with Crippen LogP contribution in [0.1, 0.15) is 53.7 Å². The summed E-state index contributed by atoms with van der Waals surface area (Å²) >= 11 is 0. The minimum Gasteiger partial charge on any atom is -0.290 e. The lowest BCUT2D eigenvalue weighted by Gasteiger charge is -2.36. The maximum atomic E-state index is 13.1. The molecule has 130 valence electrons. The Balaban J connectivity index is 1.81. The summed E-state index contributed by atoms with van der Waals surface area (Å²) in [4.78, 5) is 29.5. The van der Waals surface area contributed by atoms with Crippen molar-refractivity contribution >= 4 is 11.8 Å². The van der Waals surface area contributed by atoms with Gasteiger partial charge in [0.2, 0.25) is 5.91 Å². The number of aryl methyl sites for hydroxylation is 1. The van der Waals surface area contributed by atoms with Gasteiger partial charge in [-0.1, -0.05) is 49.6 Å².